The van der Waals surface area contributed by atoms with Crippen molar-refractivity contribution >= 4 is 14.0 Å². The summed E-state index contributed by atoms with van der Waals surface area (Å²) in [5.41, 5.74) is 0. The maximum Gasteiger partial charge on any atom is 0.316 e. The van der Waals surface area contributed by atoms with Gasteiger partial charge in [-0.15, -0.1) is 0 Å². The number of rotatable bonds is 2. The molecule has 1 atom stereocenters. The summed E-state index contributed by atoms with van der Waals surface area (Å²) >= 11 is 0. The predicted molar refractivity (Wildman–Crippen MR) is 56.1 cm³/mol. The number of carbonyl (C=O) groups is 1. The van der Waals surface area contributed by atoms with Crippen LogP contribution in [0.1, 0.15) is 0 Å². The van der Waals surface area contributed by atoms with Crippen LogP contribution in [0.3, 0.4) is 0 Å². The van der Waals surface area contributed by atoms with Crippen LogP contribution in [-0.2, 0) is 9.53 Å². The minimum absolute atomic E-state index is 0.147. The summed E-state index contributed by atoms with van der Waals surface area (Å²) in [7, 11) is 0.169. The molecule has 13 heavy (non-hydrogen) atoms. The Hall–Kier alpha value is -0.833. The number of methoxy groups -OCH3 is 1. The minimum atomic E-state index is -1.26. The molecule has 72 valence electrons. The fourth-order valence-electron chi connectivity index (χ4n) is 1.29. The fraction of sp³-hybridized carbons (Fsp3) is 0.500. The van der Waals surface area contributed by atoms with E-state index in [-0.39, 0.29) is 11.9 Å². The first kappa shape index (κ1) is 10.2. The molecular weight excluding hydrogens is 180 g/mol. The zero-order chi connectivity index (χ0) is 10.1. The van der Waals surface area contributed by atoms with Gasteiger partial charge >= 0.3 is 5.97 Å². The Labute approximate surface area is 80.3 Å². The first-order valence-electron chi connectivity index (χ1n) is 4.43. The lowest BCUT2D eigenvalue weighted by atomic mass is 10.2. The van der Waals surface area contributed by atoms with Crippen molar-refractivity contribution in [2.24, 2.45) is 5.92 Å². The normalized spacial score (nSPS) is 21.5. The van der Waals surface area contributed by atoms with Crippen molar-refractivity contribution in [1.82, 2.24) is 0 Å². The largest absolute Gasteiger partial charge is 0.468 e. The molecule has 0 aromatic carbocycles. The van der Waals surface area contributed by atoms with E-state index in [1.807, 2.05) is 12.2 Å². The van der Waals surface area contributed by atoms with Crippen molar-refractivity contribution in [2.75, 3.05) is 7.11 Å². The van der Waals surface area contributed by atoms with Gasteiger partial charge < -0.3 is 4.74 Å². The van der Waals surface area contributed by atoms with E-state index in [4.69, 9.17) is 0 Å². The molecule has 0 radical (unpaired) electrons. The van der Waals surface area contributed by atoms with Gasteiger partial charge in [-0.1, -0.05) is 43.1 Å². The molecule has 1 aliphatic carbocycles. The lowest BCUT2D eigenvalue weighted by molar-refractivity contribution is -0.142. The predicted octanol–water partition coefficient (Wildman–Crippen LogP) is 2.15. The first-order valence-corrected chi connectivity index (χ1v) is 7.93. The van der Waals surface area contributed by atoms with Gasteiger partial charge in [0.2, 0.25) is 0 Å². The second-order valence-corrected chi connectivity index (χ2v) is 9.36. The highest BCUT2D eigenvalue weighted by molar-refractivity contribution is 6.83. The van der Waals surface area contributed by atoms with Gasteiger partial charge in [-0.3, -0.25) is 4.79 Å². The van der Waals surface area contributed by atoms with E-state index >= 15 is 0 Å². The smallest absolute Gasteiger partial charge is 0.316 e. The summed E-state index contributed by atoms with van der Waals surface area (Å²) in [5.74, 6) is -0.309. The van der Waals surface area contributed by atoms with E-state index in [0.717, 1.165) is 0 Å². The molecule has 0 saturated carbocycles. The third kappa shape index (κ3) is 2.31. The third-order valence-electron chi connectivity index (χ3n) is 2.18. The van der Waals surface area contributed by atoms with Crippen LogP contribution in [0.2, 0.25) is 19.6 Å². The van der Waals surface area contributed by atoms with E-state index in [0.29, 0.717) is 0 Å². The van der Waals surface area contributed by atoms with Gasteiger partial charge in [0.1, 0.15) is 0 Å². The number of carbonyl (C=O) groups excluding carboxylic acids is 1. The van der Waals surface area contributed by atoms with Gasteiger partial charge in [-0.05, 0) is 0 Å². The van der Waals surface area contributed by atoms with E-state index in [2.05, 4.69) is 30.5 Å². The molecule has 1 unspecified atom stereocenters. The highest BCUT2D eigenvalue weighted by Crippen LogP contribution is 2.24. The number of esters is 1. The van der Waals surface area contributed by atoms with Crippen LogP contribution >= 0.6 is 0 Å². The minimum Gasteiger partial charge on any atom is -0.468 e. The van der Waals surface area contributed by atoms with Crippen LogP contribution in [0, 0.1) is 5.92 Å². The molecule has 1 rings (SSSR count). The Balaban J connectivity index is 2.77. The fourth-order valence-corrected chi connectivity index (χ4v) is 2.57. The summed E-state index contributed by atoms with van der Waals surface area (Å²) in [4.78, 5) is 11.2. The Morgan fingerprint density at radius 2 is 2.08 bits per heavy atom. The van der Waals surface area contributed by atoms with Crippen LogP contribution in [0.4, 0.5) is 0 Å². The van der Waals surface area contributed by atoms with Crippen LogP contribution < -0.4 is 0 Å². The van der Waals surface area contributed by atoms with Crippen molar-refractivity contribution in [3.63, 3.8) is 0 Å². The molecule has 0 amide bonds. The summed E-state index contributed by atoms with van der Waals surface area (Å²) in [6.45, 7) is 6.80. The highest BCUT2D eigenvalue weighted by atomic mass is 28.3. The standard InChI is InChI=1S/C10H16O2Si/c1-12-10(11)8-5-6-9(7-8)13(2,3)4/h5-8H,1-4H3. The van der Waals surface area contributed by atoms with Crippen molar-refractivity contribution < 1.29 is 9.53 Å². The van der Waals surface area contributed by atoms with Gasteiger partial charge in [0.05, 0.1) is 21.1 Å². The van der Waals surface area contributed by atoms with Crippen LogP contribution in [0.25, 0.3) is 0 Å². The van der Waals surface area contributed by atoms with Crippen LogP contribution in [0.5, 0.6) is 0 Å². The zero-order valence-electron chi connectivity index (χ0n) is 8.63. The molecule has 0 N–H and O–H groups in total. The Kier molecular flexibility index (Phi) is 2.76. The quantitative estimate of drug-likeness (QED) is 0.499. The lowest BCUT2D eigenvalue weighted by Gasteiger charge is -2.15. The van der Waals surface area contributed by atoms with Crippen LogP contribution in [0.15, 0.2) is 23.4 Å². The number of ether oxygens (including phenoxy) is 1. The molecule has 2 nitrogen and oxygen atoms in total. The monoisotopic (exact) mass is 196 g/mol. The summed E-state index contributed by atoms with van der Waals surface area (Å²) in [5, 5.41) is 1.34. The highest BCUT2D eigenvalue weighted by Gasteiger charge is 2.25. The Morgan fingerprint density at radius 1 is 1.46 bits per heavy atom. The molecule has 0 aromatic heterocycles. The molecule has 0 fully saturated rings. The molecule has 0 heterocycles. The van der Waals surface area contributed by atoms with Crippen molar-refractivity contribution in [3.05, 3.63) is 23.4 Å². The van der Waals surface area contributed by atoms with Crippen molar-refractivity contribution in [3.8, 4) is 0 Å². The number of hydrogen-bond acceptors (Lipinski definition) is 2. The van der Waals surface area contributed by atoms with E-state index in [1.165, 1.54) is 12.3 Å². The molecule has 0 saturated heterocycles. The van der Waals surface area contributed by atoms with E-state index in [1.54, 1.807) is 0 Å². The molecule has 0 aliphatic heterocycles. The Bertz CT molecular complexity index is 271. The first-order chi connectivity index (χ1) is 5.95. The second-order valence-electron chi connectivity index (χ2n) is 4.28. The van der Waals surface area contributed by atoms with Crippen molar-refractivity contribution in [1.29, 1.82) is 0 Å². The van der Waals surface area contributed by atoms with Gasteiger partial charge in [0.25, 0.3) is 0 Å². The van der Waals surface area contributed by atoms with Crippen LogP contribution in [-0.4, -0.2) is 21.2 Å². The molecule has 3 heteroatoms. The second kappa shape index (κ2) is 3.50. The molecule has 1 aliphatic rings. The molecule has 0 spiro atoms. The number of allylic oxidation sites excluding steroid dienone is 2. The zero-order valence-corrected chi connectivity index (χ0v) is 9.63. The maximum absolute atomic E-state index is 11.2. The summed E-state index contributed by atoms with van der Waals surface area (Å²) in [6.07, 6.45) is 6.01. The SMILES string of the molecule is COC(=O)C1C=CC([Si](C)(C)C)=C1. The number of hydrogen-bond donors (Lipinski definition) is 0. The average Bonchev–Trinajstić information content (AvgIpc) is 2.50. The third-order valence-corrected chi connectivity index (χ3v) is 4.25. The van der Waals surface area contributed by atoms with E-state index < -0.39 is 8.07 Å². The van der Waals surface area contributed by atoms with Gasteiger partial charge in [0, 0.05) is 0 Å². The van der Waals surface area contributed by atoms with Crippen molar-refractivity contribution in [2.45, 2.75) is 19.6 Å². The topological polar surface area (TPSA) is 26.3 Å². The maximum atomic E-state index is 11.2. The van der Waals surface area contributed by atoms with Gasteiger partial charge in [-0.25, -0.2) is 0 Å². The van der Waals surface area contributed by atoms with Gasteiger partial charge in [0.15, 0.2) is 0 Å². The summed E-state index contributed by atoms with van der Waals surface area (Å²) in [6, 6.07) is 0. The molecular formula is C10H16O2Si. The molecule has 0 bridgehead atoms. The van der Waals surface area contributed by atoms with E-state index in [9.17, 15) is 4.79 Å². The Morgan fingerprint density at radius 3 is 2.46 bits per heavy atom. The van der Waals surface area contributed by atoms with Gasteiger partial charge in [-0.2, -0.15) is 0 Å². The average molecular weight is 196 g/mol. The molecule has 0 aromatic rings. The lowest BCUT2D eigenvalue weighted by Crippen LogP contribution is -2.22. The summed E-state index contributed by atoms with van der Waals surface area (Å²) < 4.78 is 4.68.